The van der Waals surface area contributed by atoms with Gasteiger partial charge in [-0.25, -0.2) is 12.8 Å². The molecular formula is C18H18F4N2O3S. The van der Waals surface area contributed by atoms with E-state index in [-0.39, 0.29) is 17.8 Å². The number of amides is 1. The minimum absolute atomic E-state index is 0.0355. The highest BCUT2D eigenvalue weighted by molar-refractivity contribution is 7.92. The lowest BCUT2D eigenvalue weighted by Crippen LogP contribution is -2.47. The molecule has 0 saturated carbocycles. The summed E-state index contributed by atoms with van der Waals surface area (Å²) >= 11 is 0. The monoisotopic (exact) mass is 418 g/mol. The molecule has 2 aromatic rings. The number of halogens is 4. The predicted octanol–water partition coefficient (Wildman–Crippen LogP) is 4.03. The summed E-state index contributed by atoms with van der Waals surface area (Å²) in [6.07, 6.45) is -3.82. The molecule has 5 nitrogen and oxygen atoms in total. The van der Waals surface area contributed by atoms with Crippen molar-refractivity contribution in [2.45, 2.75) is 25.6 Å². The third-order valence-electron chi connectivity index (χ3n) is 3.88. The van der Waals surface area contributed by atoms with Crippen molar-refractivity contribution in [1.29, 1.82) is 0 Å². The highest BCUT2D eigenvalue weighted by Gasteiger charge is 2.34. The molecule has 0 heterocycles. The number of rotatable bonds is 6. The molecule has 0 saturated heterocycles. The Balaban J connectivity index is 2.39. The third kappa shape index (κ3) is 5.00. The van der Waals surface area contributed by atoms with Crippen molar-refractivity contribution in [2.75, 3.05) is 15.9 Å². The van der Waals surface area contributed by atoms with Crippen LogP contribution in [0, 0.1) is 5.82 Å². The van der Waals surface area contributed by atoms with E-state index in [0.29, 0.717) is 4.31 Å². The molecule has 1 amide bonds. The van der Waals surface area contributed by atoms with Crippen molar-refractivity contribution >= 4 is 27.3 Å². The molecule has 0 unspecified atom stereocenters. The van der Waals surface area contributed by atoms with Crippen LogP contribution >= 0.6 is 0 Å². The Hall–Kier alpha value is -2.62. The number of nitrogens with zero attached hydrogens (tertiary/aromatic N) is 1. The van der Waals surface area contributed by atoms with Crippen LogP contribution < -0.4 is 9.62 Å². The standard InChI is InChI=1S/C18H18F4N2O3S/c1-3-15(24(28(2,26)27)16-10-5-4-9-14(16)19)17(25)23-13-8-6-7-12(11-13)18(20,21)22/h4-11,15H,3H2,1-2H3,(H,23,25)/t15-/m1/s1. The Labute approximate surface area is 160 Å². The molecule has 28 heavy (non-hydrogen) atoms. The van der Waals surface area contributed by atoms with Gasteiger partial charge < -0.3 is 5.32 Å². The third-order valence-corrected chi connectivity index (χ3v) is 5.04. The fraction of sp³-hybridized carbons (Fsp3) is 0.278. The van der Waals surface area contributed by atoms with Crippen molar-refractivity contribution in [1.82, 2.24) is 0 Å². The molecule has 0 radical (unpaired) electrons. The molecule has 0 bridgehead atoms. The van der Waals surface area contributed by atoms with Crippen LogP contribution in [0.2, 0.25) is 0 Å². The minimum Gasteiger partial charge on any atom is -0.324 e. The first kappa shape index (κ1) is 21.7. The van der Waals surface area contributed by atoms with Gasteiger partial charge in [-0.15, -0.1) is 0 Å². The van der Waals surface area contributed by atoms with Gasteiger partial charge in [0.15, 0.2) is 0 Å². The first-order valence-electron chi connectivity index (χ1n) is 8.17. The Morgan fingerprint density at radius 1 is 1.14 bits per heavy atom. The van der Waals surface area contributed by atoms with Crippen LogP contribution in [0.3, 0.4) is 0 Å². The van der Waals surface area contributed by atoms with E-state index in [2.05, 4.69) is 5.32 Å². The van der Waals surface area contributed by atoms with Crippen molar-refractivity contribution in [3.8, 4) is 0 Å². The van der Waals surface area contributed by atoms with Crippen LogP contribution in [0.4, 0.5) is 28.9 Å². The summed E-state index contributed by atoms with van der Waals surface area (Å²) < 4.78 is 77.8. The Kier molecular flexibility index (Phi) is 6.33. The van der Waals surface area contributed by atoms with E-state index >= 15 is 0 Å². The number of benzene rings is 2. The van der Waals surface area contributed by atoms with E-state index in [1.807, 2.05) is 0 Å². The van der Waals surface area contributed by atoms with E-state index in [0.717, 1.165) is 30.5 Å². The van der Waals surface area contributed by atoms with Crippen LogP contribution in [-0.4, -0.2) is 26.6 Å². The zero-order valence-electron chi connectivity index (χ0n) is 15.0. The number of sulfonamides is 1. The molecule has 0 aromatic heterocycles. The van der Waals surface area contributed by atoms with E-state index in [4.69, 9.17) is 0 Å². The van der Waals surface area contributed by atoms with Crippen LogP contribution in [0.15, 0.2) is 48.5 Å². The number of para-hydroxylation sites is 1. The van der Waals surface area contributed by atoms with Crippen LogP contribution in [0.5, 0.6) is 0 Å². The number of nitrogens with one attached hydrogen (secondary N) is 1. The van der Waals surface area contributed by atoms with E-state index in [1.54, 1.807) is 0 Å². The van der Waals surface area contributed by atoms with Gasteiger partial charge in [0.25, 0.3) is 0 Å². The number of hydrogen-bond acceptors (Lipinski definition) is 3. The van der Waals surface area contributed by atoms with Gasteiger partial charge >= 0.3 is 6.18 Å². The van der Waals surface area contributed by atoms with Gasteiger partial charge in [-0.1, -0.05) is 25.1 Å². The summed E-state index contributed by atoms with van der Waals surface area (Å²) in [5.41, 5.74) is -1.44. The lowest BCUT2D eigenvalue weighted by atomic mass is 10.1. The largest absolute Gasteiger partial charge is 0.416 e. The quantitative estimate of drug-likeness (QED) is 0.721. The van der Waals surface area contributed by atoms with Gasteiger partial charge in [0.2, 0.25) is 15.9 Å². The average Bonchev–Trinajstić information content (AvgIpc) is 2.59. The maximum absolute atomic E-state index is 14.2. The van der Waals surface area contributed by atoms with Crippen molar-refractivity contribution in [3.63, 3.8) is 0 Å². The van der Waals surface area contributed by atoms with Crippen LogP contribution in [0.25, 0.3) is 0 Å². The fourth-order valence-corrected chi connectivity index (χ4v) is 3.88. The van der Waals surface area contributed by atoms with Crippen molar-refractivity contribution < 1.29 is 30.8 Å². The van der Waals surface area contributed by atoms with Gasteiger partial charge in [-0.3, -0.25) is 9.10 Å². The molecule has 1 atom stereocenters. The first-order chi connectivity index (χ1) is 12.9. The van der Waals surface area contributed by atoms with Crippen molar-refractivity contribution in [2.24, 2.45) is 0 Å². The molecule has 0 fully saturated rings. The number of anilines is 2. The zero-order valence-corrected chi connectivity index (χ0v) is 15.8. The summed E-state index contributed by atoms with van der Waals surface area (Å²) in [7, 11) is -4.07. The van der Waals surface area contributed by atoms with Gasteiger partial charge in [0.1, 0.15) is 11.9 Å². The van der Waals surface area contributed by atoms with E-state index < -0.39 is 39.5 Å². The first-order valence-corrected chi connectivity index (χ1v) is 10.0. The molecule has 10 heteroatoms. The zero-order chi connectivity index (χ0) is 21.1. The Bertz CT molecular complexity index is 961. The molecular weight excluding hydrogens is 400 g/mol. The molecule has 1 N–H and O–H groups in total. The maximum atomic E-state index is 14.2. The Morgan fingerprint density at radius 2 is 1.79 bits per heavy atom. The lowest BCUT2D eigenvalue weighted by Gasteiger charge is -2.30. The smallest absolute Gasteiger partial charge is 0.324 e. The highest BCUT2D eigenvalue weighted by atomic mass is 32.2. The van der Waals surface area contributed by atoms with Gasteiger partial charge in [-0.05, 0) is 36.8 Å². The van der Waals surface area contributed by atoms with Crippen LogP contribution in [-0.2, 0) is 21.0 Å². The summed E-state index contributed by atoms with van der Waals surface area (Å²) in [4.78, 5) is 12.7. The normalized spacial score (nSPS) is 13.1. The van der Waals surface area contributed by atoms with Gasteiger partial charge in [0, 0.05) is 5.69 Å². The SMILES string of the molecule is CC[C@H](C(=O)Nc1cccc(C(F)(F)F)c1)N(c1ccccc1F)S(C)(=O)=O. The van der Waals surface area contributed by atoms with E-state index in [9.17, 15) is 30.8 Å². The maximum Gasteiger partial charge on any atom is 0.416 e. The summed E-state index contributed by atoms with van der Waals surface area (Å²) in [6.45, 7) is 1.51. The predicted molar refractivity (Wildman–Crippen MR) is 97.9 cm³/mol. The van der Waals surface area contributed by atoms with Crippen LogP contribution in [0.1, 0.15) is 18.9 Å². The Morgan fingerprint density at radius 3 is 2.32 bits per heavy atom. The molecule has 0 aliphatic heterocycles. The summed E-state index contributed by atoms with van der Waals surface area (Å²) in [5.74, 6) is -1.73. The number of hydrogen-bond donors (Lipinski definition) is 1. The molecule has 2 aromatic carbocycles. The second-order valence-corrected chi connectivity index (χ2v) is 7.86. The molecule has 0 aliphatic rings. The summed E-state index contributed by atoms with van der Waals surface area (Å²) in [5, 5.41) is 2.28. The molecule has 0 aliphatic carbocycles. The number of carbonyl (C=O) groups is 1. The minimum atomic E-state index is -4.60. The van der Waals surface area contributed by atoms with Crippen molar-refractivity contribution in [3.05, 3.63) is 59.9 Å². The topological polar surface area (TPSA) is 66.5 Å². The molecule has 0 spiro atoms. The second kappa shape index (κ2) is 8.17. The van der Waals surface area contributed by atoms with E-state index in [1.165, 1.54) is 31.2 Å². The van der Waals surface area contributed by atoms with Gasteiger partial charge in [-0.2, -0.15) is 13.2 Å². The number of alkyl halides is 3. The number of carbonyl (C=O) groups excluding carboxylic acids is 1. The van der Waals surface area contributed by atoms with Gasteiger partial charge in [0.05, 0.1) is 17.5 Å². The molecule has 152 valence electrons. The lowest BCUT2D eigenvalue weighted by molar-refractivity contribution is -0.137. The molecule has 2 rings (SSSR count). The fourth-order valence-electron chi connectivity index (χ4n) is 2.66. The highest BCUT2D eigenvalue weighted by Crippen LogP contribution is 2.31. The average molecular weight is 418 g/mol. The summed E-state index contributed by atoms with van der Waals surface area (Å²) in [6, 6.07) is 7.60. The second-order valence-electron chi connectivity index (χ2n) is 6.00.